The van der Waals surface area contributed by atoms with Gasteiger partial charge < -0.3 is 21.1 Å². The molecule has 0 aliphatic heterocycles. The fourth-order valence-corrected chi connectivity index (χ4v) is 5.20. The predicted octanol–water partition coefficient (Wildman–Crippen LogP) is 4.20. The molecule has 11 heteroatoms. The van der Waals surface area contributed by atoms with E-state index < -0.39 is 18.8 Å². The summed E-state index contributed by atoms with van der Waals surface area (Å²) in [7, 11) is 0. The van der Waals surface area contributed by atoms with Crippen molar-refractivity contribution in [1.29, 1.82) is 0 Å². The first-order chi connectivity index (χ1) is 15.7. The molecule has 0 radical (unpaired) electrons. The molecule has 0 unspecified atom stereocenters. The van der Waals surface area contributed by atoms with Crippen LogP contribution in [0.5, 0.6) is 0 Å². The van der Waals surface area contributed by atoms with Gasteiger partial charge in [-0.2, -0.15) is 18.2 Å². The molecule has 4 rings (SSSR count). The van der Waals surface area contributed by atoms with Crippen molar-refractivity contribution in [2.45, 2.75) is 45.0 Å². The van der Waals surface area contributed by atoms with Crippen LogP contribution in [0.1, 0.15) is 25.5 Å². The molecular formula is C22H27F3N6OS. The number of hydrogen-bond donors (Lipinski definition) is 4. The first-order valence-corrected chi connectivity index (χ1v) is 11.8. The summed E-state index contributed by atoms with van der Waals surface area (Å²) < 4.78 is 39.2. The smallest absolute Gasteiger partial charge is 0.393 e. The van der Waals surface area contributed by atoms with Gasteiger partial charge in [0, 0.05) is 12.6 Å². The number of nitrogens with one attached hydrogen (secondary N) is 3. The number of anilines is 2. The zero-order valence-corrected chi connectivity index (χ0v) is 19.2. The number of aromatic nitrogens is 3. The van der Waals surface area contributed by atoms with Crippen LogP contribution in [0.3, 0.4) is 0 Å². The lowest BCUT2D eigenvalue weighted by Crippen LogP contribution is -2.27. The molecule has 0 saturated heterocycles. The standard InChI is InChI=1S/C22H27F3N6OS/c1-3-26-10-13-8-14(9-16(13)32)29-19-18(20-30-15-6-4-5-7-17(15)33-20)12(2)28-21(31-19)27-11-22(23,24)25/h4-7,13-14,16,26,32H,3,8-11H2,1-2H3,(H2,27,28,29,31)/t13-,14-,16+/m1/s1. The molecule has 3 aromatic rings. The third kappa shape index (κ3) is 5.71. The maximum atomic E-state index is 12.7. The number of aryl methyl sites for hydroxylation is 1. The second kappa shape index (κ2) is 9.78. The Morgan fingerprint density at radius 2 is 1.94 bits per heavy atom. The van der Waals surface area contributed by atoms with Crippen LogP contribution in [0.2, 0.25) is 0 Å². The van der Waals surface area contributed by atoms with Crippen molar-refractivity contribution >= 4 is 33.3 Å². The number of nitrogens with zero attached hydrogens (tertiary/aromatic N) is 3. The third-order valence-corrected chi connectivity index (χ3v) is 6.75. The molecule has 3 atom stereocenters. The molecule has 33 heavy (non-hydrogen) atoms. The lowest BCUT2D eigenvalue weighted by atomic mass is 10.1. The fraction of sp³-hybridized carbons (Fsp3) is 0.500. The van der Waals surface area contributed by atoms with Crippen LogP contribution >= 0.6 is 11.3 Å². The van der Waals surface area contributed by atoms with Crippen molar-refractivity contribution in [1.82, 2.24) is 20.3 Å². The Kier molecular flexibility index (Phi) is 7.01. The Bertz CT molecular complexity index is 1070. The van der Waals surface area contributed by atoms with E-state index in [0.29, 0.717) is 35.0 Å². The molecule has 0 spiro atoms. The summed E-state index contributed by atoms with van der Waals surface area (Å²) >= 11 is 1.48. The van der Waals surface area contributed by atoms with E-state index in [2.05, 4.69) is 25.9 Å². The van der Waals surface area contributed by atoms with E-state index in [-0.39, 0.29) is 17.9 Å². The van der Waals surface area contributed by atoms with Crippen LogP contribution in [0.25, 0.3) is 20.8 Å². The lowest BCUT2D eigenvalue weighted by Gasteiger charge is -2.18. The third-order valence-electron chi connectivity index (χ3n) is 5.70. The highest BCUT2D eigenvalue weighted by molar-refractivity contribution is 7.21. The van der Waals surface area contributed by atoms with Gasteiger partial charge in [-0.05, 0) is 44.4 Å². The topological polar surface area (TPSA) is 95.0 Å². The number of thiazole rings is 1. The molecule has 1 aliphatic carbocycles. The monoisotopic (exact) mass is 480 g/mol. The molecule has 1 aliphatic rings. The van der Waals surface area contributed by atoms with Crippen LogP contribution in [0.4, 0.5) is 24.9 Å². The average molecular weight is 481 g/mol. The van der Waals surface area contributed by atoms with Crippen molar-refractivity contribution < 1.29 is 18.3 Å². The molecule has 1 aromatic carbocycles. The van der Waals surface area contributed by atoms with E-state index in [1.807, 2.05) is 31.2 Å². The van der Waals surface area contributed by atoms with Crippen molar-refractivity contribution in [3.8, 4) is 10.6 Å². The number of rotatable bonds is 8. The predicted molar refractivity (Wildman–Crippen MR) is 125 cm³/mol. The van der Waals surface area contributed by atoms with Crippen molar-refractivity contribution in [2.24, 2.45) is 5.92 Å². The van der Waals surface area contributed by atoms with Crippen LogP contribution in [-0.2, 0) is 0 Å². The minimum atomic E-state index is -4.38. The van der Waals surface area contributed by atoms with Gasteiger partial charge in [0.2, 0.25) is 5.95 Å². The maximum Gasteiger partial charge on any atom is 0.405 e. The zero-order chi connectivity index (χ0) is 23.6. The summed E-state index contributed by atoms with van der Waals surface area (Å²) in [5.74, 6) is 0.423. The first-order valence-electron chi connectivity index (χ1n) is 10.9. The summed E-state index contributed by atoms with van der Waals surface area (Å²) in [6, 6.07) is 7.65. The molecule has 178 valence electrons. The average Bonchev–Trinajstić information content (AvgIpc) is 3.32. The Morgan fingerprint density at radius 3 is 2.67 bits per heavy atom. The van der Waals surface area contributed by atoms with E-state index in [4.69, 9.17) is 4.98 Å². The number of benzene rings is 1. The van der Waals surface area contributed by atoms with E-state index in [1.165, 1.54) is 11.3 Å². The van der Waals surface area contributed by atoms with Crippen molar-refractivity contribution in [3.05, 3.63) is 30.0 Å². The van der Waals surface area contributed by atoms with Gasteiger partial charge >= 0.3 is 6.18 Å². The van der Waals surface area contributed by atoms with Gasteiger partial charge in [0.15, 0.2) is 0 Å². The second-order valence-corrected chi connectivity index (χ2v) is 9.29. The fourth-order valence-electron chi connectivity index (χ4n) is 4.13. The molecule has 1 saturated carbocycles. The summed E-state index contributed by atoms with van der Waals surface area (Å²) in [5, 5.41) is 20.1. The minimum absolute atomic E-state index is 0.0680. The highest BCUT2D eigenvalue weighted by atomic mass is 32.1. The Morgan fingerprint density at radius 1 is 1.15 bits per heavy atom. The molecule has 2 aromatic heterocycles. The summed E-state index contributed by atoms with van der Waals surface area (Å²) in [5.41, 5.74) is 2.03. The van der Waals surface area contributed by atoms with Crippen molar-refractivity contribution in [2.75, 3.05) is 30.3 Å². The van der Waals surface area contributed by atoms with Crippen LogP contribution in [0, 0.1) is 12.8 Å². The summed E-state index contributed by atoms with van der Waals surface area (Å²) in [4.78, 5) is 13.4. The Balaban J connectivity index is 1.66. The van der Waals surface area contributed by atoms with E-state index in [1.54, 1.807) is 6.92 Å². The second-order valence-electron chi connectivity index (χ2n) is 8.26. The normalized spacial score (nSPS) is 21.0. The number of hydrogen-bond acceptors (Lipinski definition) is 8. The molecule has 4 N–H and O–H groups in total. The van der Waals surface area contributed by atoms with Gasteiger partial charge in [-0.25, -0.2) is 9.97 Å². The molecule has 7 nitrogen and oxygen atoms in total. The van der Waals surface area contributed by atoms with Crippen LogP contribution in [0.15, 0.2) is 24.3 Å². The van der Waals surface area contributed by atoms with Gasteiger partial charge in [-0.3, -0.25) is 0 Å². The maximum absolute atomic E-state index is 12.7. The Labute approximate surface area is 193 Å². The number of para-hydroxylation sites is 1. The largest absolute Gasteiger partial charge is 0.405 e. The quantitative estimate of drug-likeness (QED) is 0.384. The summed E-state index contributed by atoms with van der Waals surface area (Å²) in [6.07, 6.45) is -3.59. The number of aliphatic hydroxyl groups excluding tert-OH is 1. The van der Waals surface area contributed by atoms with Gasteiger partial charge in [-0.1, -0.05) is 19.1 Å². The van der Waals surface area contributed by atoms with E-state index in [0.717, 1.165) is 23.2 Å². The number of fused-ring (bicyclic) bond motifs is 1. The van der Waals surface area contributed by atoms with Gasteiger partial charge in [-0.15, -0.1) is 11.3 Å². The molecule has 1 fully saturated rings. The van der Waals surface area contributed by atoms with Crippen molar-refractivity contribution in [3.63, 3.8) is 0 Å². The molecule has 0 bridgehead atoms. The number of halogens is 3. The number of alkyl halides is 3. The lowest BCUT2D eigenvalue weighted by molar-refractivity contribution is -0.115. The highest BCUT2D eigenvalue weighted by Crippen LogP contribution is 2.38. The van der Waals surface area contributed by atoms with Crippen LogP contribution in [-0.4, -0.2) is 58.0 Å². The molecule has 2 heterocycles. The number of aliphatic hydroxyl groups is 1. The SMILES string of the molecule is CCNC[C@H]1C[C@@H](Nc2nc(NCC(F)(F)F)nc(C)c2-c2nc3ccccc3s2)C[C@@H]1O. The molecular weight excluding hydrogens is 453 g/mol. The van der Waals surface area contributed by atoms with Gasteiger partial charge in [0.25, 0.3) is 0 Å². The minimum Gasteiger partial charge on any atom is -0.393 e. The Hall–Kier alpha value is -2.50. The summed E-state index contributed by atoms with van der Waals surface area (Å²) in [6.45, 7) is 4.06. The van der Waals surface area contributed by atoms with Crippen LogP contribution < -0.4 is 16.0 Å². The first kappa shape index (κ1) is 23.7. The van der Waals surface area contributed by atoms with Gasteiger partial charge in [0.05, 0.1) is 27.6 Å². The van der Waals surface area contributed by atoms with E-state index in [9.17, 15) is 18.3 Å². The highest BCUT2D eigenvalue weighted by Gasteiger charge is 2.34. The zero-order valence-electron chi connectivity index (χ0n) is 18.4. The van der Waals surface area contributed by atoms with E-state index >= 15 is 0 Å². The van der Waals surface area contributed by atoms with Gasteiger partial charge in [0.1, 0.15) is 17.4 Å². The molecule has 0 amide bonds.